The molecule has 1 atom stereocenters. The summed E-state index contributed by atoms with van der Waals surface area (Å²) < 4.78 is 5.25. The molecule has 0 aromatic carbocycles. The highest BCUT2D eigenvalue weighted by atomic mass is 16.5. The molecule has 0 heterocycles. The maximum absolute atomic E-state index is 10.7. The SMILES string of the molecule is COC1=C(NCCCC(=O)O)C[C@](O)(CO)CC1=NCC(=O)O. The topological polar surface area (TPSA) is 149 Å². The Balaban J connectivity index is 2.95. The fourth-order valence-electron chi connectivity index (χ4n) is 2.30. The summed E-state index contributed by atoms with van der Waals surface area (Å²) in [5.41, 5.74) is -0.752. The van der Waals surface area contributed by atoms with Crippen molar-refractivity contribution in [1.29, 1.82) is 0 Å². The number of carboxylic acids is 2. The molecule has 0 fully saturated rings. The van der Waals surface area contributed by atoms with Gasteiger partial charge in [0.15, 0.2) is 5.76 Å². The maximum atomic E-state index is 10.7. The second-order valence-electron chi connectivity index (χ2n) is 5.33. The molecule has 0 aromatic heterocycles. The smallest absolute Gasteiger partial charge is 0.325 e. The summed E-state index contributed by atoms with van der Waals surface area (Å²) in [6.07, 6.45) is 0.411. The van der Waals surface area contributed by atoms with E-state index in [4.69, 9.17) is 14.9 Å². The van der Waals surface area contributed by atoms with E-state index in [1.54, 1.807) is 0 Å². The molecule has 0 bridgehead atoms. The van der Waals surface area contributed by atoms with E-state index in [1.165, 1.54) is 7.11 Å². The van der Waals surface area contributed by atoms with E-state index in [0.29, 0.717) is 24.4 Å². The molecule has 9 nitrogen and oxygen atoms in total. The van der Waals surface area contributed by atoms with Gasteiger partial charge in [0.1, 0.15) is 6.54 Å². The van der Waals surface area contributed by atoms with Crippen molar-refractivity contribution < 1.29 is 34.8 Å². The monoisotopic (exact) mass is 330 g/mol. The second kappa shape index (κ2) is 8.49. The zero-order valence-electron chi connectivity index (χ0n) is 12.9. The molecule has 0 saturated heterocycles. The van der Waals surface area contributed by atoms with Gasteiger partial charge in [0.2, 0.25) is 0 Å². The van der Waals surface area contributed by atoms with Gasteiger partial charge in [-0.3, -0.25) is 14.6 Å². The molecular formula is C14H22N2O7. The second-order valence-corrected chi connectivity index (χ2v) is 5.33. The molecule has 0 unspecified atom stereocenters. The molecule has 1 rings (SSSR count). The van der Waals surface area contributed by atoms with Crippen molar-refractivity contribution in [3.63, 3.8) is 0 Å². The lowest BCUT2D eigenvalue weighted by Gasteiger charge is -2.34. The highest BCUT2D eigenvalue weighted by Gasteiger charge is 2.37. The Morgan fingerprint density at radius 3 is 2.52 bits per heavy atom. The molecule has 130 valence electrons. The Kier molecular flexibility index (Phi) is 6.98. The zero-order chi connectivity index (χ0) is 17.5. The lowest BCUT2D eigenvalue weighted by Crippen LogP contribution is -2.43. The average Bonchev–Trinajstić information content (AvgIpc) is 2.49. The molecule has 5 N–H and O–H groups in total. The third kappa shape index (κ3) is 5.87. The van der Waals surface area contributed by atoms with Crippen LogP contribution in [0, 0.1) is 0 Å². The molecule has 0 radical (unpaired) electrons. The number of carboxylic acid groups (broad SMARTS) is 2. The highest BCUT2D eigenvalue weighted by molar-refractivity contribution is 6.01. The third-order valence-electron chi connectivity index (χ3n) is 3.35. The summed E-state index contributed by atoms with van der Waals surface area (Å²) in [6, 6.07) is 0. The van der Waals surface area contributed by atoms with Crippen LogP contribution in [-0.4, -0.2) is 70.5 Å². The van der Waals surface area contributed by atoms with Gasteiger partial charge in [-0.1, -0.05) is 0 Å². The quantitative estimate of drug-likeness (QED) is 0.350. The number of nitrogens with zero attached hydrogens (tertiary/aromatic N) is 1. The minimum atomic E-state index is -1.46. The number of aliphatic hydroxyl groups is 2. The predicted molar refractivity (Wildman–Crippen MR) is 80.1 cm³/mol. The zero-order valence-corrected chi connectivity index (χ0v) is 12.9. The van der Waals surface area contributed by atoms with Gasteiger partial charge in [-0.05, 0) is 6.42 Å². The average molecular weight is 330 g/mol. The number of allylic oxidation sites excluding steroid dienone is 1. The molecule has 0 aliphatic heterocycles. The van der Waals surface area contributed by atoms with Crippen LogP contribution in [-0.2, 0) is 14.3 Å². The van der Waals surface area contributed by atoms with Crippen molar-refractivity contribution >= 4 is 17.7 Å². The van der Waals surface area contributed by atoms with E-state index in [-0.39, 0.29) is 25.0 Å². The molecule has 0 spiro atoms. The standard InChI is InChI=1S/C14H22N2O7/c1-23-13-9(15-4-2-3-11(18)19)5-14(22,8-17)6-10(13)16-7-12(20)21/h15,17,22H,2-8H2,1H3,(H,18,19)(H,20,21)/t14-/m1/s1. The van der Waals surface area contributed by atoms with Gasteiger partial charge in [-0.25, -0.2) is 0 Å². The molecule has 0 aromatic rings. The number of hydrogen-bond donors (Lipinski definition) is 5. The Labute approximate surface area is 133 Å². The summed E-state index contributed by atoms with van der Waals surface area (Å²) >= 11 is 0. The van der Waals surface area contributed by atoms with Crippen LogP contribution in [0.15, 0.2) is 16.4 Å². The molecule has 0 saturated carbocycles. The minimum Gasteiger partial charge on any atom is -0.493 e. The normalized spacial score (nSPS) is 23.0. The first-order chi connectivity index (χ1) is 10.8. The summed E-state index contributed by atoms with van der Waals surface area (Å²) in [4.78, 5) is 25.1. The number of aliphatic hydroxyl groups excluding tert-OH is 1. The lowest BCUT2D eigenvalue weighted by molar-refractivity contribution is -0.137. The number of rotatable bonds is 9. The Bertz CT molecular complexity index is 515. The van der Waals surface area contributed by atoms with Gasteiger partial charge in [-0.15, -0.1) is 0 Å². The van der Waals surface area contributed by atoms with Gasteiger partial charge in [-0.2, -0.15) is 0 Å². The maximum Gasteiger partial charge on any atom is 0.325 e. The number of methoxy groups -OCH3 is 1. The largest absolute Gasteiger partial charge is 0.493 e. The van der Waals surface area contributed by atoms with Crippen molar-refractivity contribution in [3.05, 3.63) is 11.5 Å². The molecule has 23 heavy (non-hydrogen) atoms. The van der Waals surface area contributed by atoms with Crippen LogP contribution in [0.4, 0.5) is 0 Å². The van der Waals surface area contributed by atoms with E-state index >= 15 is 0 Å². The van der Waals surface area contributed by atoms with Crippen LogP contribution in [0.1, 0.15) is 25.7 Å². The molecule has 1 aliphatic carbocycles. The number of aliphatic imine (C=N–C) groups is 1. The van der Waals surface area contributed by atoms with Crippen LogP contribution >= 0.6 is 0 Å². The van der Waals surface area contributed by atoms with Crippen LogP contribution in [0.25, 0.3) is 0 Å². The van der Waals surface area contributed by atoms with E-state index in [2.05, 4.69) is 10.3 Å². The molecule has 0 amide bonds. The van der Waals surface area contributed by atoms with E-state index < -0.39 is 30.7 Å². The van der Waals surface area contributed by atoms with Crippen LogP contribution in [0.3, 0.4) is 0 Å². The lowest BCUT2D eigenvalue weighted by atomic mass is 9.85. The molecular weight excluding hydrogens is 308 g/mol. The first-order valence-electron chi connectivity index (χ1n) is 7.13. The van der Waals surface area contributed by atoms with Crippen molar-refractivity contribution in [3.8, 4) is 0 Å². The van der Waals surface area contributed by atoms with Crippen molar-refractivity contribution in [2.75, 3.05) is 26.8 Å². The fraction of sp³-hybridized carbons (Fsp3) is 0.643. The van der Waals surface area contributed by atoms with E-state index in [9.17, 15) is 19.8 Å². The number of aliphatic carboxylic acids is 2. The summed E-state index contributed by atoms with van der Waals surface area (Å²) in [7, 11) is 1.40. The third-order valence-corrected chi connectivity index (χ3v) is 3.35. The van der Waals surface area contributed by atoms with Gasteiger partial charge < -0.3 is 30.5 Å². The fourth-order valence-corrected chi connectivity index (χ4v) is 2.30. The summed E-state index contributed by atoms with van der Waals surface area (Å²) in [5.74, 6) is -1.71. The number of carbonyl (C=O) groups is 2. The van der Waals surface area contributed by atoms with Gasteiger partial charge in [0, 0.05) is 25.8 Å². The van der Waals surface area contributed by atoms with Gasteiger partial charge in [0.05, 0.1) is 30.7 Å². The summed E-state index contributed by atoms with van der Waals surface area (Å²) in [6.45, 7) is -0.658. The Hall–Kier alpha value is -2.13. The minimum absolute atomic E-state index is 0.00712. The van der Waals surface area contributed by atoms with Gasteiger partial charge >= 0.3 is 11.9 Å². The van der Waals surface area contributed by atoms with Crippen molar-refractivity contribution in [2.24, 2.45) is 4.99 Å². The first-order valence-corrected chi connectivity index (χ1v) is 7.13. The van der Waals surface area contributed by atoms with Crippen molar-refractivity contribution in [1.82, 2.24) is 5.32 Å². The van der Waals surface area contributed by atoms with Crippen LogP contribution < -0.4 is 5.32 Å². The van der Waals surface area contributed by atoms with Crippen LogP contribution in [0.5, 0.6) is 0 Å². The number of ether oxygens (including phenoxy) is 1. The molecule has 1 aliphatic rings. The Morgan fingerprint density at radius 1 is 1.30 bits per heavy atom. The highest BCUT2D eigenvalue weighted by Crippen LogP contribution is 2.30. The number of hydrogen-bond acceptors (Lipinski definition) is 7. The van der Waals surface area contributed by atoms with Crippen molar-refractivity contribution in [2.45, 2.75) is 31.3 Å². The number of nitrogens with one attached hydrogen (secondary N) is 1. The Morgan fingerprint density at radius 2 is 2.00 bits per heavy atom. The first kappa shape index (κ1) is 18.9. The van der Waals surface area contributed by atoms with Crippen LogP contribution in [0.2, 0.25) is 0 Å². The van der Waals surface area contributed by atoms with E-state index in [0.717, 1.165) is 0 Å². The summed E-state index contributed by atoms with van der Waals surface area (Å²) in [5, 5.41) is 40.1. The predicted octanol–water partition coefficient (Wildman–Crippen LogP) is -0.658. The molecule has 9 heteroatoms. The van der Waals surface area contributed by atoms with E-state index in [1.807, 2.05) is 0 Å². The van der Waals surface area contributed by atoms with Gasteiger partial charge in [0.25, 0.3) is 0 Å².